The van der Waals surface area contributed by atoms with Gasteiger partial charge >= 0.3 is 0 Å². The molecule has 6 heteroatoms. The number of aliphatic hydroxyl groups excluding tert-OH is 1. The van der Waals surface area contributed by atoms with Crippen LogP contribution in [0.2, 0.25) is 0 Å². The first kappa shape index (κ1) is 16.6. The summed E-state index contributed by atoms with van der Waals surface area (Å²) in [4.78, 5) is 2.09. The largest absolute Gasteiger partial charge is 0.387 e. The predicted octanol–water partition coefficient (Wildman–Crippen LogP) is 2.06. The summed E-state index contributed by atoms with van der Waals surface area (Å²) in [6, 6.07) is 0. The van der Waals surface area contributed by atoms with Gasteiger partial charge in [-0.3, -0.25) is 4.68 Å². The Morgan fingerprint density at radius 3 is 2.68 bits per heavy atom. The standard InChI is InChI=1S/C13H24BrN3O2/c1-13(2,19-5)8-11(18)12-10(14)9-15-17(12)7-6-16(3)4/h9,11,18H,6-8H2,1-5H3. The second-order valence-corrected chi connectivity index (χ2v) is 6.44. The predicted molar refractivity (Wildman–Crippen MR) is 79.1 cm³/mol. The van der Waals surface area contributed by atoms with Crippen LogP contribution in [0.25, 0.3) is 0 Å². The van der Waals surface area contributed by atoms with Crippen LogP contribution < -0.4 is 0 Å². The summed E-state index contributed by atoms with van der Waals surface area (Å²) >= 11 is 3.46. The Morgan fingerprint density at radius 2 is 2.16 bits per heavy atom. The Labute approximate surface area is 123 Å². The minimum absolute atomic E-state index is 0.366. The quantitative estimate of drug-likeness (QED) is 0.829. The van der Waals surface area contributed by atoms with Crippen molar-refractivity contribution in [2.24, 2.45) is 0 Å². The molecule has 0 bridgehead atoms. The van der Waals surface area contributed by atoms with E-state index in [-0.39, 0.29) is 5.60 Å². The number of hydrogen-bond acceptors (Lipinski definition) is 4. The molecule has 0 fully saturated rings. The highest BCUT2D eigenvalue weighted by molar-refractivity contribution is 9.10. The molecule has 1 aromatic rings. The second kappa shape index (κ2) is 6.83. The van der Waals surface area contributed by atoms with Crippen LogP contribution >= 0.6 is 15.9 Å². The van der Waals surface area contributed by atoms with Gasteiger partial charge in [0.2, 0.25) is 0 Å². The first-order chi connectivity index (χ1) is 8.76. The molecule has 0 aliphatic heterocycles. The minimum atomic E-state index is -0.603. The van der Waals surface area contributed by atoms with Gasteiger partial charge in [-0.1, -0.05) is 0 Å². The maximum Gasteiger partial charge on any atom is 0.0995 e. The van der Waals surface area contributed by atoms with Gasteiger partial charge in [-0.15, -0.1) is 0 Å². The van der Waals surface area contributed by atoms with E-state index in [1.165, 1.54) is 0 Å². The zero-order chi connectivity index (χ0) is 14.6. The summed E-state index contributed by atoms with van der Waals surface area (Å²) in [5.41, 5.74) is 0.446. The van der Waals surface area contributed by atoms with E-state index < -0.39 is 6.10 Å². The molecule has 1 heterocycles. The first-order valence-corrected chi connectivity index (χ1v) is 7.15. The number of rotatable bonds is 7. The van der Waals surface area contributed by atoms with Crippen LogP contribution in [0.4, 0.5) is 0 Å². The van der Waals surface area contributed by atoms with Crippen LogP contribution in [0.3, 0.4) is 0 Å². The maximum atomic E-state index is 10.4. The van der Waals surface area contributed by atoms with Crippen molar-refractivity contribution >= 4 is 15.9 Å². The lowest BCUT2D eigenvalue weighted by Gasteiger charge is -2.26. The molecule has 1 aromatic heterocycles. The molecule has 1 atom stereocenters. The van der Waals surface area contributed by atoms with E-state index in [2.05, 4.69) is 25.9 Å². The molecule has 1 unspecified atom stereocenters. The molecule has 19 heavy (non-hydrogen) atoms. The number of aliphatic hydroxyl groups is 1. The fourth-order valence-electron chi connectivity index (χ4n) is 1.82. The van der Waals surface area contributed by atoms with Crippen molar-refractivity contribution in [1.82, 2.24) is 14.7 Å². The third-order valence-electron chi connectivity index (χ3n) is 3.15. The number of ether oxygens (including phenoxy) is 1. The fraction of sp³-hybridized carbons (Fsp3) is 0.769. The summed E-state index contributed by atoms with van der Waals surface area (Å²) < 4.78 is 8.06. The van der Waals surface area contributed by atoms with Gasteiger partial charge in [0.15, 0.2) is 0 Å². The van der Waals surface area contributed by atoms with Gasteiger partial charge in [-0.2, -0.15) is 5.10 Å². The molecule has 0 spiro atoms. The summed E-state index contributed by atoms with van der Waals surface area (Å²) in [6.07, 6.45) is 1.65. The highest BCUT2D eigenvalue weighted by atomic mass is 79.9. The minimum Gasteiger partial charge on any atom is -0.387 e. The zero-order valence-electron chi connectivity index (χ0n) is 12.4. The number of aromatic nitrogens is 2. The molecule has 0 saturated carbocycles. The molecule has 0 aliphatic carbocycles. The molecule has 0 radical (unpaired) electrons. The van der Waals surface area contributed by atoms with Crippen molar-refractivity contribution < 1.29 is 9.84 Å². The number of methoxy groups -OCH3 is 1. The molecule has 0 amide bonds. The van der Waals surface area contributed by atoms with Crippen LogP contribution in [-0.4, -0.2) is 53.1 Å². The maximum absolute atomic E-state index is 10.4. The Balaban J connectivity index is 2.83. The van der Waals surface area contributed by atoms with Gasteiger partial charge in [0.1, 0.15) is 0 Å². The summed E-state index contributed by atoms with van der Waals surface area (Å²) in [7, 11) is 5.69. The van der Waals surface area contributed by atoms with Gasteiger partial charge in [-0.25, -0.2) is 0 Å². The third-order valence-corrected chi connectivity index (χ3v) is 3.76. The van der Waals surface area contributed by atoms with Crippen molar-refractivity contribution in [3.8, 4) is 0 Å². The lowest BCUT2D eigenvalue weighted by Crippen LogP contribution is -2.27. The van der Waals surface area contributed by atoms with Gasteiger partial charge in [-0.05, 0) is 43.9 Å². The van der Waals surface area contributed by atoms with E-state index in [0.29, 0.717) is 6.42 Å². The third kappa shape index (κ3) is 4.87. The van der Waals surface area contributed by atoms with E-state index in [1.54, 1.807) is 13.3 Å². The van der Waals surface area contributed by atoms with Crippen LogP contribution in [-0.2, 0) is 11.3 Å². The summed E-state index contributed by atoms with van der Waals surface area (Å²) in [5, 5.41) is 14.7. The highest BCUT2D eigenvalue weighted by Crippen LogP contribution is 2.30. The number of likely N-dealkylation sites (N-methyl/N-ethyl adjacent to an activating group) is 1. The molecular formula is C13H24BrN3O2. The Morgan fingerprint density at radius 1 is 1.53 bits per heavy atom. The number of nitrogens with zero attached hydrogens (tertiary/aromatic N) is 3. The lowest BCUT2D eigenvalue weighted by molar-refractivity contribution is -0.0222. The number of halogens is 1. The van der Waals surface area contributed by atoms with Crippen molar-refractivity contribution in [3.63, 3.8) is 0 Å². The van der Waals surface area contributed by atoms with E-state index in [4.69, 9.17) is 4.74 Å². The number of hydrogen-bond donors (Lipinski definition) is 1. The monoisotopic (exact) mass is 333 g/mol. The summed E-state index contributed by atoms with van der Waals surface area (Å²) in [6.45, 7) is 5.55. The average molecular weight is 334 g/mol. The first-order valence-electron chi connectivity index (χ1n) is 6.36. The zero-order valence-corrected chi connectivity index (χ0v) is 13.9. The fourth-order valence-corrected chi connectivity index (χ4v) is 2.38. The lowest BCUT2D eigenvalue weighted by atomic mass is 9.99. The molecule has 0 aromatic carbocycles. The van der Waals surface area contributed by atoms with Crippen LogP contribution in [0.5, 0.6) is 0 Å². The average Bonchev–Trinajstić information content (AvgIpc) is 2.67. The second-order valence-electron chi connectivity index (χ2n) is 5.59. The van der Waals surface area contributed by atoms with Crippen LogP contribution in [0.1, 0.15) is 32.1 Å². The Bertz CT molecular complexity index is 405. The SMILES string of the molecule is COC(C)(C)CC(O)c1c(Br)cnn1CCN(C)C. The normalized spacial score (nSPS) is 14.1. The molecule has 110 valence electrons. The topological polar surface area (TPSA) is 50.5 Å². The Kier molecular flexibility index (Phi) is 5.98. The van der Waals surface area contributed by atoms with Crippen LogP contribution in [0, 0.1) is 0 Å². The van der Waals surface area contributed by atoms with Gasteiger partial charge in [0.05, 0.1) is 34.6 Å². The van der Waals surface area contributed by atoms with Crippen molar-refractivity contribution in [2.45, 2.75) is 38.5 Å². The van der Waals surface area contributed by atoms with Crippen LogP contribution in [0.15, 0.2) is 10.7 Å². The molecule has 5 nitrogen and oxygen atoms in total. The molecular weight excluding hydrogens is 310 g/mol. The molecule has 1 N–H and O–H groups in total. The highest BCUT2D eigenvalue weighted by Gasteiger charge is 2.26. The molecule has 0 saturated heterocycles. The van der Waals surface area contributed by atoms with E-state index in [9.17, 15) is 5.11 Å². The van der Waals surface area contributed by atoms with E-state index in [1.807, 2.05) is 32.6 Å². The smallest absolute Gasteiger partial charge is 0.0995 e. The van der Waals surface area contributed by atoms with Gasteiger partial charge < -0.3 is 14.7 Å². The van der Waals surface area contributed by atoms with Gasteiger partial charge in [0, 0.05) is 20.1 Å². The Hall–Kier alpha value is -0.430. The van der Waals surface area contributed by atoms with Crippen molar-refractivity contribution in [2.75, 3.05) is 27.7 Å². The summed E-state index contributed by atoms with van der Waals surface area (Å²) in [5.74, 6) is 0. The van der Waals surface area contributed by atoms with Gasteiger partial charge in [0.25, 0.3) is 0 Å². The molecule has 1 rings (SSSR count). The van der Waals surface area contributed by atoms with E-state index in [0.717, 1.165) is 23.3 Å². The molecule has 0 aliphatic rings. The van der Waals surface area contributed by atoms with E-state index >= 15 is 0 Å². The van der Waals surface area contributed by atoms with Crippen molar-refractivity contribution in [1.29, 1.82) is 0 Å². The van der Waals surface area contributed by atoms with Crippen molar-refractivity contribution in [3.05, 3.63) is 16.4 Å².